The molecule has 4 nitrogen and oxygen atoms in total. The summed E-state index contributed by atoms with van der Waals surface area (Å²) in [7, 11) is -1.34. The van der Waals surface area contributed by atoms with Gasteiger partial charge in [0.05, 0.1) is 13.7 Å². The van der Waals surface area contributed by atoms with E-state index in [-0.39, 0.29) is 31.4 Å². The molecule has 0 bridgehead atoms. The molecule has 0 amide bonds. The van der Waals surface area contributed by atoms with Gasteiger partial charge in [-0.3, -0.25) is 0 Å². The second kappa shape index (κ2) is 14.3. The summed E-state index contributed by atoms with van der Waals surface area (Å²) < 4.78 is 50.8. The maximum Gasteiger partial charge on any atom is 0.218 e. The molecule has 0 saturated carbocycles. The van der Waals surface area contributed by atoms with Gasteiger partial charge in [-0.1, -0.05) is 76.0 Å². The topological polar surface area (TPSA) is 51.8 Å². The predicted molar refractivity (Wildman–Crippen MR) is 182 cm³/mol. The van der Waals surface area contributed by atoms with E-state index in [9.17, 15) is 4.39 Å². The summed E-state index contributed by atoms with van der Waals surface area (Å²) in [6, 6.07) is 24.6. The molecule has 2 aromatic carbocycles. The fraction of sp³-hybridized carbons (Fsp3) is 0.289. The van der Waals surface area contributed by atoms with Gasteiger partial charge >= 0.3 is 0 Å². The number of furan rings is 1. The summed E-state index contributed by atoms with van der Waals surface area (Å²) in [6.45, 7) is 12.6. The first-order valence-corrected chi connectivity index (χ1v) is 18.3. The van der Waals surface area contributed by atoms with E-state index >= 15 is 0 Å². The van der Waals surface area contributed by atoms with Gasteiger partial charge in [0.25, 0.3) is 0 Å². The molecule has 0 aliphatic rings. The Balaban J connectivity index is 0.000000229. The minimum atomic E-state index is -2.38. The first-order chi connectivity index (χ1) is 22.4. The van der Waals surface area contributed by atoms with Crippen molar-refractivity contribution in [1.29, 1.82) is 0 Å². The van der Waals surface area contributed by atoms with Crippen LogP contribution in [0.4, 0.5) is 4.39 Å². The first kappa shape index (κ1) is 28.9. The molecule has 6 aromatic rings. The number of fused-ring (bicyclic) bond motifs is 3. The Hall–Kier alpha value is -3.51. The second-order valence-electron chi connectivity index (χ2n) is 12.7. The zero-order chi connectivity index (χ0) is 35.0. The molecule has 45 heavy (non-hydrogen) atoms. The number of rotatable bonds is 6. The molecule has 0 spiro atoms. The molecule has 0 aliphatic carbocycles. The van der Waals surface area contributed by atoms with Crippen molar-refractivity contribution in [2.75, 3.05) is 0 Å². The number of pyridine rings is 3. The standard InChI is InChI=1S/C20H16FN2O.C18H24NSi.Ir/c1-11(2)16-9-17(22-10-12(16)3)15-6-4-5-13-14-7-8-18(21)23-20(14)24-19(13)15;1-14(2)11-16-12-17(15-9-7-6-8-10-15)19-13-18(16)20(3,4)5;/h4-5,7-11H,1-3H3;6-9,12-14H,11H2,1-5H3;/q2*-1;/i3D3,11D;;. The summed E-state index contributed by atoms with van der Waals surface area (Å²) >= 11 is 0. The van der Waals surface area contributed by atoms with Crippen molar-refractivity contribution in [1.82, 2.24) is 15.0 Å². The fourth-order valence-electron chi connectivity index (χ4n) is 5.28. The minimum absolute atomic E-state index is 0. The smallest absolute Gasteiger partial charge is 0.218 e. The van der Waals surface area contributed by atoms with Gasteiger partial charge < -0.3 is 14.4 Å². The molecule has 0 unspecified atom stereocenters. The molecule has 4 aromatic heterocycles. The summed E-state index contributed by atoms with van der Waals surface area (Å²) in [5, 5.41) is 2.88. The molecule has 0 N–H and O–H groups in total. The van der Waals surface area contributed by atoms with Gasteiger partial charge in [0, 0.05) is 43.4 Å². The van der Waals surface area contributed by atoms with Gasteiger partial charge in [-0.05, 0) is 64.9 Å². The Morgan fingerprint density at radius 3 is 2.38 bits per heavy atom. The monoisotopic (exact) mass is 798 g/mol. The summed E-state index contributed by atoms with van der Waals surface area (Å²) in [5.74, 6) is -1.12. The Morgan fingerprint density at radius 2 is 1.71 bits per heavy atom. The van der Waals surface area contributed by atoms with E-state index in [0.717, 1.165) is 23.1 Å². The normalized spacial score (nSPS) is 13.4. The van der Waals surface area contributed by atoms with Crippen LogP contribution in [0.15, 0.2) is 77.5 Å². The maximum atomic E-state index is 13.5. The van der Waals surface area contributed by atoms with E-state index in [2.05, 4.69) is 78.9 Å². The number of halogens is 1. The van der Waals surface area contributed by atoms with Crippen molar-refractivity contribution < 1.29 is 34.4 Å². The molecular weight excluding hydrogens is 754 g/mol. The van der Waals surface area contributed by atoms with Gasteiger partial charge in [0.2, 0.25) is 11.7 Å². The third-order valence-electron chi connectivity index (χ3n) is 7.37. The van der Waals surface area contributed by atoms with Gasteiger partial charge in [-0.2, -0.15) is 9.37 Å². The molecule has 0 saturated heterocycles. The molecule has 0 atom stereocenters. The number of hydrogen-bond donors (Lipinski definition) is 0. The Bertz CT molecular complexity index is 2070. The van der Waals surface area contributed by atoms with Gasteiger partial charge in [-0.25, -0.2) is 0 Å². The van der Waals surface area contributed by atoms with Crippen LogP contribution in [0.1, 0.15) is 55.8 Å². The predicted octanol–water partition coefficient (Wildman–Crippen LogP) is 9.70. The largest absolute Gasteiger partial charge is 0.486 e. The molecule has 235 valence electrons. The Morgan fingerprint density at radius 1 is 0.933 bits per heavy atom. The van der Waals surface area contributed by atoms with Crippen LogP contribution in [-0.4, -0.2) is 23.0 Å². The van der Waals surface area contributed by atoms with Gasteiger partial charge in [-0.15, -0.1) is 54.1 Å². The van der Waals surface area contributed by atoms with Crippen LogP contribution >= 0.6 is 0 Å². The Kier molecular flexibility index (Phi) is 9.18. The van der Waals surface area contributed by atoms with Crippen LogP contribution < -0.4 is 5.19 Å². The number of hydrogen-bond acceptors (Lipinski definition) is 4. The number of nitrogens with zero attached hydrogens (tertiary/aromatic N) is 3. The number of benzene rings is 2. The van der Waals surface area contributed by atoms with Crippen molar-refractivity contribution in [2.45, 2.75) is 66.5 Å². The Labute approximate surface area is 286 Å². The molecule has 0 fully saturated rings. The quantitative estimate of drug-likeness (QED) is 0.0958. The second-order valence-corrected chi connectivity index (χ2v) is 17.7. The van der Waals surface area contributed by atoms with Crippen molar-refractivity contribution in [3.63, 3.8) is 0 Å². The fourth-order valence-corrected chi connectivity index (χ4v) is 6.87. The van der Waals surface area contributed by atoms with Crippen LogP contribution in [0.25, 0.3) is 44.6 Å². The van der Waals surface area contributed by atoms with Gasteiger partial charge in [0.15, 0.2) is 0 Å². The summed E-state index contributed by atoms with van der Waals surface area (Å²) in [4.78, 5) is 12.8. The summed E-state index contributed by atoms with van der Waals surface area (Å²) in [5.41, 5.74) is 5.51. The molecular formula is C38H40FIrN3OSi-2. The average Bonchev–Trinajstić information content (AvgIpc) is 3.37. The van der Waals surface area contributed by atoms with Gasteiger partial charge in [0.1, 0.15) is 0 Å². The van der Waals surface area contributed by atoms with E-state index in [1.165, 1.54) is 23.0 Å². The van der Waals surface area contributed by atoms with Crippen LogP contribution in [0, 0.1) is 30.9 Å². The van der Waals surface area contributed by atoms with Crippen LogP contribution in [0.5, 0.6) is 0 Å². The average molecular weight is 798 g/mol. The summed E-state index contributed by atoms with van der Waals surface area (Å²) in [6.07, 6.45) is 4.52. The van der Waals surface area contributed by atoms with E-state index in [1.807, 2.05) is 18.2 Å². The molecule has 7 heteroatoms. The number of aryl methyl sites for hydroxylation is 1. The van der Waals surface area contributed by atoms with E-state index in [1.54, 1.807) is 38.1 Å². The van der Waals surface area contributed by atoms with E-state index in [4.69, 9.17) is 9.90 Å². The number of aromatic nitrogens is 3. The zero-order valence-corrected chi connectivity index (χ0v) is 30.1. The third kappa shape index (κ3) is 7.83. The maximum absolute atomic E-state index is 13.5. The van der Waals surface area contributed by atoms with Crippen LogP contribution in [0.3, 0.4) is 0 Å². The van der Waals surface area contributed by atoms with Crippen molar-refractivity contribution in [3.05, 3.63) is 108 Å². The molecule has 4 heterocycles. The van der Waals surface area contributed by atoms with Crippen LogP contribution in [-0.2, 0) is 26.5 Å². The third-order valence-corrected chi connectivity index (χ3v) is 9.44. The molecule has 6 rings (SSSR count). The SMILES string of the molecule is CC(C)Cc1cc(-c2[c-]cccc2)ncc1[Si](C)(C)C.[2H]C([2H])([2H])c1cnc(-c2[c-]ccc3c2oc2nc(F)ccc23)cc1C([2H])(C)C.[Ir]. The first-order valence-electron chi connectivity index (χ1n) is 16.8. The molecule has 0 aliphatic heterocycles. The molecule has 1 radical (unpaired) electrons. The van der Waals surface area contributed by atoms with Crippen LogP contribution in [0.2, 0.25) is 19.6 Å². The van der Waals surface area contributed by atoms with Crippen molar-refractivity contribution >= 4 is 35.3 Å². The van der Waals surface area contributed by atoms with Crippen molar-refractivity contribution in [2.24, 2.45) is 5.92 Å². The van der Waals surface area contributed by atoms with Crippen molar-refractivity contribution in [3.8, 4) is 22.5 Å². The zero-order valence-electron chi connectivity index (χ0n) is 30.7. The minimum Gasteiger partial charge on any atom is -0.486 e. The van der Waals surface area contributed by atoms with E-state index < -0.39 is 26.8 Å². The van der Waals surface area contributed by atoms with E-state index in [0.29, 0.717) is 33.7 Å².